The number of carbonyl (C=O) groups excluding carboxylic acids is 1. The molecule has 1 aromatic heterocycles. The van der Waals surface area contributed by atoms with Crippen LogP contribution in [0.4, 0.5) is 0 Å². The van der Waals surface area contributed by atoms with Gasteiger partial charge >= 0.3 is 0 Å². The highest BCUT2D eigenvalue weighted by Crippen LogP contribution is 2.21. The summed E-state index contributed by atoms with van der Waals surface area (Å²) in [5, 5.41) is 9.79. The van der Waals surface area contributed by atoms with Crippen LogP contribution in [0, 0.1) is 5.92 Å². The number of aromatic nitrogens is 2. The molecule has 1 aromatic rings. The number of rotatable bonds is 2. The minimum absolute atomic E-state index is 0.0852. The van der Waals surface area contributed by atoms with Gasteiger partial charge in [-0.2, -0.15) is 0 Å². The lowest BCUT2D eigenvalue weighted by atomic mass is 10.1. The second kappa shape index (κ2) is 4.97. The minimum Gasteiger partial charge on any atom is -0.396 e. The highest BCUT2D eigenvalue weighted by molar-refractivity contribution is 7.99. The van der Waals surface area contributed by atoms with Crippen molar-refractivity contribution >= 4 is 17.7 Å². The molecule has 3 heterocycles. The minimum atomic E-state index is -0.263. The monoisotopic (exact) mass is 281 g/mol. The standard InChI is InChI=1S/C12H15N3O3S/c16-7-8-1-2-14(6-8)10(17)9-5-13-12-15(11(9)18)3-4-19-12/h5,8,16H,1-4,6-7H2. The molecule has 1 fully saturated rings. The summed E-state index contributed by atoms with van der Waals surface area (Å²) >= 11 is 1.53. The summed E-state index contributed by atoms with van der Waals surface area (Å²) in [7, 11) is 0. The molecule has 0 spiro atoms. The molecule has 1 saturated heterocycles. The molecule has 1 unspecified atom stereocenters. The van der Waals surface area contributed by atoms with E-state index in [0.717, 1.165) is 12.2 Å². The van der Waals surface area contributed by atoms with E-state index in [1.807, 2.05) is 0 Å². The molecule has 19 heavy (non-hydrogen) atoms. The van der Waals surface area contributed by atoms with E-state index >= 15 is 0 Å². The molecular formula is C12H15N3O3S. The van der Waals surface area contributed by atoms with Gasteiger partial charge in [-0.25, -0.2) is 4.98 Å². The van der Waals surface area contributed by atoms with Crippen LogP contribution in [-0.4, -0.2) is 50.9 Å². The number of carbonyl (C=O) groups is 1. The van der Waals surface area contributed by atoms with Gasteiger partial charge < -0.3 is 10.0 Å². The van der Waals surface area contributed by atoms with Crippen molar-refractivity contribution in [3.8, 4) is 0 Å². The van der Waals surface area contributed by atoms with E-state index in [1.165, 1.54) is 18.0 Å². The largest absolute Gasteiger partial charge is 0.396 e. The highest BCUT2D eigenvalue weighted by atomic mass is 32.2. The third-order valence-corrected chi connectivity index (χ3v) is 4.59. The van der Waals surface area contributed by atoms with Gasteiger partial charge in [0.2, 0.25) is 0 Å². The number of aliphatic hydroxyl groups excluding tert-OH is 1. The summed E-state index contributed by atoms with van der Waals surface area (Å²) in [6.45, 7) is 1.82. The molecule has 0 aromatic carbocycles. The Morgan fingerprint density at radius 2 is 2.37 bits per heavy atom. The number of likely N-dealkylation sites (tertiary alicyclic amines) is 1. The highest BCUT2D eigenvalue weighted by Gasteiger charge is 2.29. The maximum Gasteiger partial charge on any atom is 0.267 e. The molecule has 0 saturated carbocycles. The number of hydrogen-bond donors (Lipinski definition) is 1. The number of thioether (sulfide) groups is 1. The van der Waals surface area contributed by atoms with Crippen molar-refractivity contribution in [2.75, 3.05) is 25.4 Å². The molecule has 2 aliphatic heterocycles. The van der Waals surface area contributed by atoms with E-state index in [4.69, 9.17) is 5.11 Å². The Hall–Kier alpha value is -1.34. The maximum atomic E-state index is 12.3. The second-order valence-electron chi connectivity index (χ2n) is 4.85. The van der Waals surface area contributed by atoms with Gasteiger partial charge in [0.1, 0.15) is 5.56 Å². The molecule has 6 nitrogen and oxygen atoms in total. The van der Waals surface area contributed by atoms with Crippen LogP contribution in [0.3, 0.4) is 0 Å². The van der Waals surface area contributed by atoms with Crippen LogP contribution in [0.5, 0.6) is 0 Å². The fourth-order valence-electron chi connectivity index (χ4n) is 2.50. The number of hydrogen-bond acceptors (Lipinski definition) is 5. The van der Waals surface area contributed by atoms with Crippen molar-refractivity contribution in [3.05, 3.63) is 22.1 Å². The van der Waals surface area contributed by atoms with E-state index in [9.17, 15) is 9.59 Å². The molecular weight excluding hydrogens is 266 g/mol. The maximum absolute atomic E-state index is 12.3. The number of aliphatic hydroxyl groups is 1. The van der Waals surface area contributed by atoms with Crippen LogP contribution in [0.15, 0.2) is 16.1 Å². The molecule has 0 aliphatic carbocycles. The van der Waals surface area contributed by atoms with E-state index in [1.54, 1.807) is 9.47 Å². The molecule has 0 radical (unpaired) electrons. The smallest absolute Gasteiger partial charge is 0.267 e. The Labute approximate surface area is 114 Å². The van der Waals surface area contributed by atoms with Gasteiger partial charge in [-0.1, -0.05) is 11.8 Å². The summed E-state index contributed by atoms with van der Waals surface area (Å²) in [4.78, 5) is 30.4. The van der Waals surface area contributed by atoms with Gasteiger partial charge in [-0.3, -0.25) is 14.2 Å². The predicted octanol–water partition coefficient (Wildman–Crippen LogP) is -0.197. The quantitative estimate of drug-likeness (QED) is 0.760. The summed E-state index contributed by atoms with van der Waals surface area (Å²) in [5.41, 5.74) is -0.0997. The third-order valence-electron chi connectivity index (χ3n) is 3.62. The van der Waals surface area contributed by atoms with Crippen molar-refractivity contribution in [1.82, 2.24) is 14.5 Å². The zero-order valence-corrected chi connectivity index (χ0v) is 11.2. The van der Waals surface area contributed by atoms with Crippen molar-refractivity contribution in [2.45, 2.75) is 18.1 Å². The topological polar surface area (TPSA) is 75.4 Å². The van der Waals surface area contributed by atoms with Crippen LogP contribution in [0.1, 0.15) is 16.8 Å². The Bertz CT molecular complexity index is 572. The molecule has 7 heteroatoms. The normalized spacial score (nSPS) is 21.7. The van der Waals surface area contributed by atoms with Gasteiger partial charge in [-0.05, 0) is 6.42 Å². The van der Waals surface area contributed by atoms with Crippen molar-refractivity contribution in [3.63, 3.8) is 0 Å². The first-order valence-corrected chi connectivity index (χ1v) is 7.32. The first-order valence-electron chi connectivity index (χ1n) is 6.33. The lowest BCUT2D eigenvalue weighted by Crippen LogP contribution is -2.36. The van der Waals surface area contributed by atoms with Crippen LogP contribution in [-0.2, 0) is 6.54 Å². The van der Waals surface area contributed by atoms with Crippen LogP contribution in [0.25, 0.3) is 0 Å². The van der Waals surface area contributed by atoms with Gasteiger partial charge in [0.05, 0.1) is 0 Å². The number of fused-ring (bicyclic) bond motifs is 1. The molecule has 102 valence electrons. The predicted molar refractivity (Wildman–Crippen MR) is 70.3 cm³/mol. The zero-order valence-electron chi connectivity index (χ0n) is 10.4. The second-order valence-corrected chi connectivity index (χ2v) is 5.91. The average Bonchev–Trinajstić information content (AvgIpc) is 3.07. The first kappa shape index (κ1) is 12.7. The first-order chi connectivity index (χ1) is 9.20. The Morgan fingerprint density at radius 3 is 3.11 bits per heavy atom. The Morgan fingerprint density at radius 1 is 1.53 bits per heavy atom. The zero-order chi connectivity index (χ0) is 13.4. The van der Waals surface area contributed by atoms with E-state index in [2.05, 4.69) is 4.98 Å². The molecule has 0 bridgehead atoms. The van der Waals surface area contributed by atoms with Crippen molar-refractivity contribution in [2.24, 2.45) is 5.92 Å². The van der Waals surface area contributed by atoms with E-state index in [-0.39, 0.29) is 29.6 Å². The van der Waals surface area contributed by atoms with Crippen LogP contribution < -0.4 is 5.56 Å². The Kier molecular flexibility index (Phi) is 3.32. The van der Waals surface area contributed by atoms with Crippen LogP contribution >= 0.6 is 11.8 Å². The summed E-state index contributed by atoms with van der Waals surface area (Å²) in [6, 6.07) is 0. The molecule has 3 rings (SSSR count). The summed E-state index contributed by atoms with van der Waals surface area (Å²) in [5.74, 6) is 0.696. The van der Waals surface area contributed by atoms with Crippen LogP contribution in [0.2, 0.25) is 0 Å². The van der Waals surface area contributed by atoms with Gasteiger partial charge in [0.25, 0.3) is 11.5 Å². The fourth-order valence-corrected chi connectivity index (χ4v) is 3.41. The average molecular weight is 281 g/mol. The lowest BCUT2D eigenvalue weighted by molar-refractivity contribution is 0.0778. The molecule has 1 N–H and O–H groups in total. The van der Waals surface area contributed by atoms with Crippen molar-refractivity contribution < 1.29 is 9.90 Å². The summed E-state index contributed by atoms with van der Waals surface area (Å²) < 4.78 is 1.57. The molecule has 1 atom stereocenters. The Balaban J connectivity index is 1.87. The summed E-state index contributed by atoms with van der Waals surface area (Å²) in [6.07, 6.45) is 2.18. The van der Waals surface area contributed by atoms with Gasteiger partial charge in [0, 0.05) is 44.1 Å². The van der Waals surface area contributed by atoms with Gasteiger partial charge in [0.15, 0.2) is 5.16 Å². The lowest BCUT2D eigenvalue weighted by Gasteiger charge is -2.16. The van der Waals surface area contributed by atoms with E-state index in [0.29, 0.717) is 24.8 Å². The molecule has 2 aliphatic rings. The third kappa shape index (κ3) is 2.17. The number of nitrogens with zero attached hydrogens (tertiary/aromatic N) is 3. The van der Waals surface area contributed by atoms with E-state index < -0.39 is 0 Å². The fraction of sp³-hybridized carbons (Fsp3) is 0.583. The number of amides is 1. The SMILES string of the molecule is O=C(c1cnc2n(c1=O)CCS2)N1CCC(CO)C1. The van der Waals surface area contributed by atoms with Gasteiger partial charge in [-0.15, -0.1) is 0 Å². The van der Waals surface area contributed by atoms with Crippen molar-refractivity contribution in [1.29, 1.82) is 0 Å². The molecule has 1 amide bonds.